The van der Waals surface area contributed by atoms with E-state index in [2.05, 4.69) is 5.32 Å². The number of ether oxygens (including phenoxy) is 1. The second-order valence-electron chi connectivity index (χ2n) is 7.96. The van der Waals surface area contributed by atoms with E-state index in [4.69, 9.17) is 16.3 Å². The second kappa shape index (κ2) is 9.49. The Balaban J connectivity index is 1.46. The molecule has 1 aromatic heterocycles. The summed E-state index contributed by atoms with van der Waals surface area (Å²) in [6.45, 7) is 5.46. The number of hydrogen-bond donors (Lipinski definition) is 1. The van der Waals surface area contributed by atoms with Crippen LogP contribution in [-0.2, 0) is 4.79 Å². The molecule has 1 aliphatic rings. The normalized spacial score (nSPS) is 13.3. The van der Waals surface area contributed by atoms with Gasteiger partial charge in [0.25, 0.3) is 11.8 Å². The number of nitrogens with zero attached hydrogens (tertiary/aromatic N) is 2. The van der Waals surface area contributed by atoms with Crippen LogP contribution in [0.25, 0.3) is 5.69 Å². The summed E-state index contributed by atoms with van der Waals surface area (Å²) in [7, 11) is 0. The number of carbonyl (C=O) groups excluding carboxylic acids is 2. The third kappa shape index (κ3) is 4.81. The summed E-state index contributed by atoms with van der Waals surface area (Å²) in [5.41, 5.74) is 3.86. The predicted octanol–water partition coefficient (Wildman–Crippen LogP) is 5.00. The van der Waals surface area contributed by atoms with Crippen LogP contribution in [0.15, 0.2) is 54.6 Å². The molecule has 1 N–H and O–H groups in total. The van der Waals surface area contributed by atoms with Crippen LogP contribution in [0.5, 0.6) is 5.75 Å². The predicted molar refractivity (Wildman–Crippen MR) is 126 cm³/mol. The highest BCUT2D eigenvalue weighted by Crippen LogP contribution is 2.25. The third-order valence-electron chi connectivity index (χ3n) is 5.66. The van der Waals surface area contributed by atoms with Gasteiger partial charge in [-0.1, -0.05) is 23.7 Å². The van der Waals surface area contributed by atoms with Crippen molar-refractivity contribution in [2.24, 2.45) is 0 Å². The summed E-state index contributed by atoms with van der Waals surface area (Å²) >= 11 is 6.14. The summed E-state index contributed by atoms with van der Waals surface area (Å²) in [6.07, 6.45) is 2.09. The fourth-order valence-electron chi connectivity index (χ4n) is 4.07. The summed E-state index contributed by atoms with van der Waals surface area (Å²) in [5, 5.41) is 3.57. The van der Waals surface area contributed by atoms with E-state index in [9.17, 15) is 9.59 Å². The lowest BCUT2D eigenvalue weighted by molar-refractivity contribution is -0.132. The first kappa shape index (κ1) is 22.0. The Bertz CT molecular complexity index is 1150. The maximum absolute atomic E-state index is 13.0. The van der Waals surface area contributed by atoms with Crippen LogP contribution in [0, 0.1) is 13.8 Å². The van der Waals surface area contributed by atoms with Gasteiger partial charge < -0.3 is 19.5 Å². The fraction of sp³-hybridized carbons (Fsp3) is 0.280. The van der Waals surface area contributed by atoms with Crippen molar-refractivity contribution in [3.05, 3.63) is 76.6 Å². The minimum atomic E-state index is -0.211. The van der Waals surface area contributed by atoms with Gasteiger partial charge in [-0.15, -0.1) is 0 Å². The van der Waals surface area contributed by atoms with Crippen LogP contribution in [0.2, 0.25) is 5.02 Å². The lowest BCUT2D eigenvalue weighted by atomic mass is 10.2. The van der Waals surface area contributed by atoms with Gasteiger partial charge in [0, 0.05) is 46.9 Å². The Morgan fingerprint density at radius 3 is 2.53 bits per heavy atom. The van der Waals surface area contributed by atoms with Crippen molar-refractivity contribution in [3.8, 4) is 11.4 Å². The molecule has 0 atom stereocenters. The molecule has 1 saturated heterocycles. The van der Waals surface area contributed by atoms with Crippen molar-refractivity contribution in [3.63, 3.8) is 0 Å². The van der Waals surface area contributed by atoms with Gasteiger partial charge in [0.15, 0.2) is 6.61 Å². The molecule has 0 spiro atoms. The number of carbonyl (C=O) groups is 2. The summed E-state index contributed by atoms with van der Waals surface area (Å²) in [6, 6.07) is 16.5. The Hall–Kier alpha value is -3.25. The zero-order valence-corrected chi connectivity index (χ0v) is 19.0. The molecular weight excluding hydrogens is 426 g/mol. The standard InChI is InChI=1S/C25H26ClN3O3/c1-17-13-23(18(2)29(17)21-9-5-7-19(26)14-21)25(31)27-20-8-6-10-22(15-20)32-16-24(30)28-11-3-4-12-28/h5-10,13-15H,3-4,11-12,16H2,1-2H3,(H,27,31). The average Bonchev–Trinajstić information content (AvgIpc) is 3.40. The maximum atomic E-state index is 13.0. The number of hydrogen-bond acceptors (Lipinski definition) is 3. The van der Waals surface area contributed by atoms with E-state index in [1.165, 1.54) is 0 Å². The molecule has 166 valence electrons. The molecule has 0 bridgehead atoms. The Kier molecular flexibility index (Phi) is 6.51. The molecule has 2 amide bonds. The van der Waals surface area contributed by atoms with Crippen molar-refractivity contribution < 1.29 is 14.3 Å². The zero-order valence-electron chi connectivity index (χ0n) is 18.2. The highest BCUT2D eigenvalue weighted by Gasteiger charge is 2.19. The molecule has 1 aliphatic heterocycles. The van der Waals surface area contributed by atoms with E-state index < -0.39 is 0 Å². The number of likely N-dealkylation sites (tertiary alicyclic amines) is 1. The molecule has 0 unspecified atom stereocenters. The molecular formula is C25H26ClN3O3. The fourth-order valence-corrected chi connectivity index (χ4v) is 4.25. The van der Waals surface area contributed by atoms with E-state index in [0.29, 0.717) is 22.0 Å². The molecule has 3 aromatic rings. The zero-order chi connectivity index (χ0) is 22.7. The Labute approximate surface area is 192 Å². The first-order chi connectivity index (χ1) is 15.4. The summed E-state index contributed by atoms with van der Waals surface area (Å²) < 4.78 is 7.67. The number of amides is 2. The lowest BCUT2D eigenvalue weighted by Gasteiger charge is -2.15. The van der Waals surface area contributed by atoms with Gasteiger partial charge in [0.05, 0.1) is 5.56 Å². The van der Waals surface area contributed by atoms with E-state index >= 15 is 0 Å². The minimum Gasteiger partial charge on any atom is -0.484 e. The molecule has 6 nitrogen and oxygen atoms in total. The molecule has 0 saturated carbocycles. The van der Waals surface area contributed by atoms with E-state index in [1.54, 1.807) is 24.3 Å². The van der Waals surface area contributed by atoms with Gasteiger partial charge in [0.2, 0.25) is 0 Å². The van der Waals surface area contributed by atoms with Crippen LogP contribution >= 0.6 is 11.6 Å². The van der Waals surface area contributed by atoms with Crippen molar-refractivity contribution in [2.75, 3.05) is 25.0 Å². The number of benzene rings is 2. The highest BCUT2D eigenvalue weighted by molar-refractivity contribution is 6.30. The maximum Gasteiger partial charge on any atom is 0.260 e. The number of nitrogens with one attached hydrogen (secondary N) is 1. The van der Waals surface area contributed by atoms with Gasteiger partial charge in [-0.3, -0.25) is 9.59 Å². The number of halogens is 1. The molecule has 32 heavy (non-hydrogen) atoms. The molecule has 7 heteroatoms. The smallest absolute Gasteiger partial charge is 0.260 e. The first-order valence-electron chi connectivity index (χ1n) is 10.7. The first-order valence-corrected chi connectivity index (χ1v) is 11.1. The van der Waals surface area contributed by atoms with Crippen LogP contribution in [0.3, 0.4) is 0 Å². The number of aromatic nitrogens is 1. The number of anilines is 1. The Morgan fingerprint density at radius 1 is 1.03 bits per heavy atom. The van der Waals surface area contributed by atoms with Gasteiger partial charge >= 0.3 is 0 Å². The highest BCUT2D eigenvalue weighted by atomic mass is 35.5. The quantitative estimate of drug-likeness (QED) is 0.573. The van der Waals surface area contributed by atoms with Crippen LogP contribution in [0.1, 0.15) is 34.6 Å². The van der Waals surface area contributed by atoms with Crippen LogP contribution < -0.4 is 10.1 Å². The monoisotopic (exact) mass is 451 g/mol. The van der Waals surface area contributed by atoms with Crippen LogP contribution in [-0.4, -0.2) is 41.0 Å². The third-order valence-corrected chi connectivity index (χ3v) is 5.89. The molecule has 0 radical (unpaired) electrons. The topological polar surface area (TPSA) is 63.6 Å². The van der Waals surface area contributed by atoms with Crippen LogP contribution in [0.4, 0.5) is 5.69 Å². The second-order valence-corrected chi connectivity index (χ2v) is 8.40. The molecule has 1 fully saturated rings. The van der Waals surface area contributed by atoms with Crippen molar-refractivity contribution >= 4 is 29.1 Å². The lowest BCUT2D eigenvalue weighted by Crippen LogP contribution is -2.32. The molecule has 2 heterocycles. The van der Waals surface area contributed by atoms with E-state index in [-0.39, 0.29) is 18.4 Å². The van der Waals surface area contributed by atoms with Crippen molar-refractivity contribution in [1.29, 1.82) is 0 Å². The van der Waals surface area contributed by atoms with Gasteiger partial charge in [-0.05, 0) is 63.1 Å². The van der Waals surface area contributed by atoms with Gasteiger partial charge in [-0.25, -0.2) is 0 Å². The van der Waals surface area contributed by atoms with E-state index in [0.717, 1.165) is 43.0 Å². The summed E-state index contributed by atoms with van der Waals surface area (Å²) in [5.74, 6) is 0.321. The summed E-state index contributed by atoms with van der Waals surface area (Å²) in [4.78, 5) is 27.0. The number of rotatable bonds is 6. The molecule has 4 rings (SSSR count). The largest absolute Gasteiger partial charge is 0.484 e. The van der Waals surface area contributed by atoms with Crippen molar-refractivity contribution in [2.45, 2.75) is 26.7 Å². The average molecular weight is 452 g/mol. The number of aryl methyl sites for hydroxylation is 1. The Morgan fingerprint density at radius 2 is 1.78 bits per heavy atom. The van der Waals surface area contributed by atoms with E-state index in [1.807, 2.05) is 53.6 Å². The molecule has 0 aliphatic carbocycles. The molecule has 2 aromatic carbocycles. The van der Waals surface area contributed by atoms with Crippen molar-refractivity contribution in [1.82, 2.24) is 9.47 Å². The minimum absolute atomic E-state index is 0.00180. The SMILES string of the molecule is Cc1cc(C(=O)Nc2cccc(OCC(=O)N3CCCC3)c2)c(C)n1-c1cccc(Cl)c1. The van der Waals surface area contributed by atoms with Gasteiger partial charge in [-0.2, -0.15) is 0 Å². The van der Waals surface area contributed by atoms with Gasteiger partial charge in [0.1, 0.15) is 5.75 Å².